The molecular weight excluding hydrogens is 250 g/mol. The van der Waals surface area contributed by atoms with Gasteiger partial charge in [-0.1, -0.05) is 6.07 Å². The lowest BCUT2D eigenvalue weighted by atomic mass is 9.96. The summed E-state index contributed by atoms with van der Waals surface area (Å²) >= 11 is 0. The summed E-state index contributed by atoms with van der Waals surface area (Å²) in [7, 11) is 1.50. The highest BCUT2D eigenvalue weighted by Crippen LogP contribution is 2.23. The van der Waals surface area contributed by atoms with E-state index in [0.717, 1.165) is 0 Å². The van der Waals surface area contributed by atoms with Crippen molar-refractivity contribution in [1.29, 1.82) is 0 Å². The Bertz CT molecular complexity index is 536. The summed E-state index contributed by atoms with van der Waals surface area (Å²) in [5, 5.41) is 4.10. The molecule has 0 unspecified atom stereocenters. The van der Waals surface area contributed by atoms with Gasteiger partial charge in [-0.05, 0) is 24.1 Å². The fourth-order valence-electron chi connectivity index (χ4n) is 1.88. The largest absolute Gasteiger partial charge is 0.495 e. The van der Waals surface area contributed by atoms with Crippen molar-refractivity contribution >= 4 is 23.5 Å². The van der Waals surface area contributed by atoms with Gasteiger partial charge in [0.1, 0.15) is 11.7 Å². The van der Waals surface area contributed by atoms with E-state index in [2.05, 4.69) is 10.6 Å². The van der Waals surface area contributed by atoms with Crippen molar-refractivity contribution in [3.05, 3.63) is 23.8 Å². The van der Waals surface area contributed by atoms with Crippen molar-refractivity contribution < 1.29 is 19.1 Å². The third-order valence-corrected chi connectivity index (χ3v) is 2.84. The fourth-order valence-corrected chi connectivity index (χ4v) is 1.88. The second-order valence-corrected chi connectivity index (χ2v) is 4.14. The van der Waals surface area contributed by atoms with Gasteiger partial charge in [0.05, 0.1) is 12.8 Å². The van der Waals surface area contributed by atoms with Gasteiger partial charge in [-0.2, -0.15) is 0 Å². The first-order chi connectivity index (χ1) is 9.01. The number of ether oxygens (including phenoxy) is 1. The monoisotopic (exact) mass is 263 g/mol. The molecule has 0 saturated carbocycles. The summed E-state index contributed by atoms with van der Waals surface area (Å²) in [6, 6.07) is 4.22. The molecule has 4 amide bonds. The molecule has 1 aliphatic rings. The van der Waals surface area contributed by atoms with Crippen LogP contribution in [0.2, 0.25) is 0 Å². The first-order valence-corrected chi connectivity index (χ1v) is 5.59. The number of barbiturate groups is 1. The maximum Gasteiger partial charge on any atom is 0.328 e. The fraction of sp³-hybridized carbons (Fsp3) is 0.250. The molecule has 0 bridgehead atoms. The third kappa shape index (κ3) is 2.65. The molecule has 4 N–H and O–H groups in total. The number of imide groups is 2. The molecule has 0 spiro atoms. The van der Waals surface area contributed by atoms with E-state index in [1.54, 1.807) is 18.2 Å². The van der Waals surface area contributed by atoms with Gasteiger partial charge in [-0.25, -0.2) is 4.79 Å². The summed E-state index contributed by atoms with van der Waals surface area (Å²) in [4.78, 5) is 34.1. The highest BCUT2D eigenvalue weighted by molar-refractivity contribution is 6.16. The van der Waals surface area contributed by atoms with Gasteiger partial charge in [0.2, 0.25) is 11.8 Å². The minimum absolute atomic E-state index is 0.166. The van der Waals surface area contributed by atoms with E-state index in [1.807, 2.05) is 0 Å². The molecule has 7 nitrogen and oxygen atoms in total. The molecule has 0 atom stereocenters. The van der Waals surface area contributed by atoms with E-state index >= 15 is 0 Å². The Balaban J connectivity index is 2.16. The number of carbonyl (C=O) groups excluding carboxylic acids is 3. The number of hydrogen-bond donors (Lipinski definition) is 3. The lowest BCUT2D eigenvalue weighted by Gasteiger charge is -2.20. The summed E-state index contributed by atoms with van der Waals surface area (Å²) in [6.45, 7) is 0. The first-order valence-electron chi connectivity index (χ1n) is 5.59. The second kappa shape index (κ2) is 4.97. The van der Waals surface area contributed by atoms with Gasteiger partial charge in [-0.3, -0.25) is 20.2 Å². The van der Waals surface area contributed by atoms with Crippen LogP contribution in [-0.2, 0) is 16.0 Å². The number of rotatable bonds is 3. The normalized spacial score (nSPS) is 15.9. The van der Waals surface area contributed by atoms with Crippen molar-refractivity contribution in [2.45, 2.75) is 6.42 Å². The molecule has 2 rings (SSSR count). The Hall–Kier alpha value is -2.57. The maximum absolute atomic E-state index is 11.6. The zero-order chi connectivity index (χ0) is 14.0. The van der Waals surface area contributed by atoms with Crippen molar-refractivity contribution in [1.82, 2.24) is 10.6 Å². The number of carbonyl (C=O) groups is 3. The molecule has 100 valence electrons. The number of methoxy groups -OCH3 is 1. The van der Waals surface area contributed by atoms with Crippen LogP contribution in [-0.4, -0.2) is 25.0 Å². The molecule has 1 aromatic rings. The van der Waals surface area contributed by atoms with E-state index in [-0.39, 0.29) is 6.42 Å². The number of nitrogens with two attached hydrogens (primary N) is 1. The zero-order valence-electron chi connectivity index (χ0n) is 10.2. The van der Waals surface area contributed by atoms with Gasteiger partial charge in [-0.15, -0.1) is 0 Å². The lowest BCUT2D eigenvalue weighted by molar-refractivity contribution is -0.135. The molecule has 1 aliphatic heterocycles. The Labute approximate surface area is 109 Å². The van der Waals surface area contributed by atoms with Gasteiger partial charge < -0.3 is 10.5 Å². The summed E-state index contributed by atoms with van der Waals surface area (Å²) in [6.07, 6.45) is 0.166. The quantitative estimate of drug-likeness (QED) is 0.516. The first kappa shape index (κ1) is 12.9. The molecule has 7 heteroatoms. The molecule has 0 aromatic heterocycles. The second-order valence-electron chi connectivity index (χ2n) is 4.14. The van der Waals surface area contributed by atoms with E-state index in [4.69, 9.17) is 10.5 Å². The smallest absolute Gasteiger partial charge is 0.328 e. The number of nitrogen functional groups attached to an aromatic ring is 1. The minimum atomic E-state index is -0.939. The van der Waals surface area contributed by atoms with Crippen LogP contribution < -0.4 is 21.1 Å². The van der Waals surface area contributed by atoms with Crippen LogP contribution in [0.3, 0.4) is 0 Å². The number of nitrogens with one attached hydrogen (secondary N) is 2. The Morgan fingerprint density at radius 3 is 2.37 bits per heavy atom. The predicted octanol–water partition coefficient (Wildman–Crippen LogP) is -0.198. The van der Waals surface area contributed by atoms with E-state index < -0.39 is 23.8 Å². The van der Waals surface area contributed by atoms with Crippen molar-refractivity contribution in [2.24, 2.45) is 5.92 Å². The minimum Gasteiger partial charge on any atom is -0.495 e. The van der Waals surface area contributed by atoms with E-state index in [9.17, 15) is 14.4 Å². The zero-order valence-corrected chi connectivity index (χ0v) is 10.2. The van der Waals surface area contributed by atoms with Crippen molar-refractivity contribution in [2.75, 3.05) is 12.8 Å². The SMILES string of the molecule is COc1ccc(CC2C(=O)NC(=O)NC2=O)cc1N. The van der Waals surface area contributed by atoms with Crippen LogP contribution in [0.4, 0.5) is 10.5 Å². The van der Waals surface area contributed by atoms with Crippen LogP contribution in [0.25, 0.3) is 0 Å². The summed E-state index contributed by atoms with van der Waals surface area (Å²) < 4.78 is 5.02. The predicted molar refractivity (Wildman–Crippen MR) is 66.3 cm³/mol. The number of amides is 4. The van der Waals surface area contributed by atoms with Crippen molar-refractivity contribution in [3.8, 4) is 5.75 Å². The number of anilines is 1. The van der Waals surface area contributed by atoms with Crippen LogP contribution in [0.15, 0.2) is 18.2 Å². The number of urea groups is 1. The highest BCUT2D eigenvalue weighted by atomic mass is 16.5. The van der Waals surface area contributed by atoms with Crippen LogP contribution in [0.5, 0.6) is 5.75 Å². The molecule has 1 fully saturated rings. The summed E-state index contributed by atoms with van der Waals surface area (Å²) in [5.74, 6) is -1.63. The van der Waals surface area contributed by atoms with Crippen LogP contribution in [0.1, 0.15) is 5.56 Å². The highest BCUT2D eigenvalue weighted by Gasteiger charge is 2.34. The third-order valence-electron chi connectivity index (χ3n) is 2.84. The van der Waals surface area contributed by atoms with Gasteiger partial charge in [0.25, 0.3) is 0 Å². The Morgan fingerprint density at radius 2 is 1.84 bits per heavy atom. The molecule has 19 heavy (non-hydrogen) atoms. The molecule has 0 radical (unpaired) electrons. The number of hydrogen-bond acceptors (Lipinski definition) is 5. The summed E-state index contributed by atoms with van der Waals surface area (Å²) in [5.41, 5.74) is 6.88. The van der Waals surface area contributed by atoms with E-state index in [1.165, 1.54) is 7.11 Å². The van der Waals surface area contributed by atoms with Gasteiger partial charge in [0, 0.05) is 0 Å². The van der Waals surface area contributed by atoms with Gasteiger partial charge >= 0.3 is 6.03 Å². The van der Waals surface area contributed by atoms with E-state index in [0.29, 0.717) is 17.0 Å². The Kier molecular flexibility index (Phi) is 3.37. The molecule has 1 heterocycles. The maximum atomic E-state index is 11.6. The van der Waals surface area contributed by atoms with Crippen LogP contribution in [0, 0.1) is 5.92 Å². The standard InChI is InChI=1S/C12H13N3O4/c1-19-9-3-2-6(5-8(9)13)4-7-10(16)14-12(18)15-11(7)17/h2-3,5,7H,4,13H2,1H3,(H2,14,15,16,17,18). The molecule has 1 aromatic carbocycles. The van der Waals surface area contributed by atoms with Crippen LogP contribution >= 0.6 is 0 Å². The van der Waals surface area contributed by atoms with Crippen molar-refractivity contribution in [3.63, 3.8) is 0 Å². The lowest BCUT2D eigenvalue weighted by Crippen LogP contribution is -2.56. The Morgan fingerprint density at radius 1 is 1.21 bits per heavy atom. The average molecular weight is 263 g/mol. The topological polar surface area (TPSA) is 111 Å². The van der Waals surface area contributed by atoms with Gasteiger partial charge in [0.15, 0.2) is 0 Å². The average Bonchev–Trinajstić information content (AvgIpc) is 2.34. The molecular formula is C12H13N3O4. The molecule has 0 aliphatic carbocycles. The molecule has 1 saturated heterocycles. The number of benzene rings is 1.